The third-order valence-electron chi connectivity index (χ3n) is 5.60. The third-order valence-corrected chi connectivity index (χ3v) is 7.32. The van der Waals surface area contributed by atoms with Crippen LogP contribution in [0.5, 0.6) is 11.5 Å². The molecule has 1 aromatic heterocycles. The van der Waals surface area contributed by atoms with Crippen LogP contribution < -0.4 is 24.4 Å². The Bertz CT molecular complexity index is 1550. The van der Waals surface area contributed by atoms with Gasteiger partial charge in [0.25, 0.3) is 5.56 Å². The predicted molar refractivity (Wildman–Crippen MR) is 138 cm³/mol. The molecular formula is C26H24N2O6S2. The molecule has 186 valence electrons. The molecule has 0 saturated carbocycles. The monoisotopic (exact) mass is 524 g/mol. The minimum absolute atomic E-state index is 0.283. The highest BCUT2D eigenvalue weighted by atomic mass is 32.2. The fourth-order valence-corrected chi connectivity index (χ4v) is 5.41. The van der Waals surface area contributed by atoms with Gasteiger partial charge in [0.2, 0.25) is 0 Å². The molecule has 1 aliphatic rings. The van der Waals surface area contributed by atoms with E-state index in [0.29, 0.717) is 31.9 Å². The largest absolute Gasteiger partial charge is 0.493 e. The number of aromatic nitrogens is 1. The number of carbonyl (C=O) groups is 2. The maximum Gasteiger partial charge on any atom is 0.338 e. The molecule has 36 heavy (non-hydrogen) atoms. The van der Waals surface area contributed by atoms with Gasteiger partial charge in [0.05, 0.1) is 36.1 Å². The van der Waals surface area contributed by atoms with Gasteiger partial charge in [0.1, 0.15) is 0 Å². The second kappa shape index (κ2) is 10.5. The van der Waals surface area contributed by atoms with Gasteiger partial charge in [0, 0.05) is 11.8 Å². The number of allylic oxidation sites excluding steroid dienone is 1. The van der Waals surface area contributed by atoms with E-state index in [-0.39, 0.29) is 11.3 Å². The smallest absolute Gasteiger partial charge is 0.338 e. The van der Waals surface area contributed by atoms with Crippen LogP contribution >= 0.6 is 23.1 Å². The second-order valence-electron chi connectivity index (χ2n) is 7.85. The maximum absolute atomic E-state index is 13.7. The molecule has 1 aliphatic heterocycles. The maximum atomic E-state index is 13.7. The number of thioether (sulfide) groups is 1. The first-order chi connectivity index (χ1) is 17.3. The van der Waals surface area contributed by atoms with Crippen LogP contribution in [0.1, 0.15) is 31.0 Å². The topological polar surface area (TPSA) is 96.2 Å². The summed E-state index contributed by atoms with van der Waals surface area (Å²) in [6.45, 7) is 3.05. The van der Waals surface area contributed by atoms with E-state index in [4.69, 9.17) is 14.2 Å². The number of hydrogen-bond donors (Lipinski definition) is 0. The summed E-state index contributed by atoms with van der Waals surface area (Å²) in [5.74, 6) is -0.343. The minimum Gasteiger partial charge on any atom is -0.493 e. The molecule has 1 atom stereocenters. The highest BCUT2D eigenvalue weighted by Gasteiger charge is 2.33. The van der Waals surface area contributed by atoms with Crippen molar-refractivity contribution >= 4 is 41.1 Å². The van der Waals surface area contributed by atoms with Gasteiger partial charge in [0.15, 0.2) is 16.3 Å². The van der Waals surface area contributed by atoms with Crippen LogP contribution in [-0.4, -0.2) is 37.0 Å². The summed E-state index contributed by atoms with van der Waals surface area (Å²) >= 11 is 2.83. The van der Waals surface area contributed by atoms with Crippen LogP contribution in [0.4, 0.5) is 0 Å². The lowest BCUT2D eigenvalue weighted by Crippen LogP contribution is -2.39. The summed E-state index contributed by atoms with van der Waals surface area (Å²) in [4.78, 5) is 43.9. The van der Waals surface area contributed by atoms with Crippen molar-refractivity contribution in [3.05, 3.63) is 84.5 Å². The molecule has 0 saturated heterocycles. The van der Waals surface area contributed by atoms with Crippen molar-refractivity contribution in [1.29, 1.82) is 0 Å². The van der Waals surface area contributed by atoms with E-state index in [2.05, 4.69) is 4.99 Å². The van der Waals surface area contributed by atoms with E-state index in [1.165, 1.54) is 37.0 Å². The van der Waals surface area contributed by atoms with E-state index in [1.807, 2.05) is 30.5 Å². The molecule has 8 nitrogen and oxygen atoms in total. The normalized spacial score (nSPS) is 15.2. The number of esters is 2. The lowest BCUT2D eigenvalue weighted by molar-refractivity contribution is -0.136. The van der Waals surface area contributed by atoms with E-state index in [1.54, 1.807) is 43.0 Å². The summed E-state index contributed by atoms with van der Waals surface area (Å²) in [5, 5.41) is 0. The zero-order chi connectivity index (χ0) is 26.0. The lowest BCUT2D eigenvalue weighted by atomic mass is 9.96. The number of methoxy groups -OCH3 is 2. The molecule has 2 aromatic carbocycles. The second-order valence-corrected chi connectivity index (χ2v) is 9.74. The number of nitrogens with zero attached hydrogens (tertiary/aromatic N) is 2. The van der Waals surface area contributed by atoms with Crippen LogP contribution in [0, 0.1) is 0 Å². The number of thiazole rings is 1. The van der Waals surface area contributed by atoms with Gasteiger partial charge < -0.3 is 14.2 Å². The van der Waals surface area contributed by atoms with Gasteiger partial charge >= 0.3 is 11.9 Å². The summed E-state index contributed by atoms with van der Waals surface area (Å²) in [5.41, 5.74) is 2.00. The van der Waals surface area contributed by atoms with E-state index in [0.717, 1.165) is 10.5 Å². The SMILES string of the molecule is COC(=O)C1=C(C)N=c2sc(=Cc3ccc(OC(C)=O)c(OC)c3)c(=O)n2C1c1ccc(SC)cc1. The van der Waals surface area contributed by atoms with Crippen LogP contribution in [-0.2, 0) is 14.3 Å². The Labute approximate surface area is 215 Å². The van der Waals surface area contributed by atoms with E-state index < -0.39 is 18.0 Å². The summed E-state index contributed by atoms with van der Waals surface area (Å²) in [6, 6.07) is 12.1. The van der Waals surface area contributed by atoms with Crippen molar-refractivity contribution in [1.82, 2.24) is 4.57 Å². The Morgan fingerprint density at radius 2 is 1.83 bits per heavy atom. The van der Waals surface area contributed by atoms with Crippen LogP contribution in [0.15, 0.2) is 68.4 Å². The van der Waals surface area contributed by atoms with Gasteiger partial charge in [-0.2, -0.15) is 0 Å². The predicted octanol–water partition coefficient (Wildman–Crippen LogP) is 3.06. The summed E-state index contributed by atoms with van der Waals surface area (Å²) < 4.78 is 17.5. The van der Waals surface area contributed by atoms with Crippen LogP contribution in [0.3, 0.4) is 0 Å². The first kappa shape index (κ1) is 25.5. The minimum atomic E-state index is -0.673. The number of ether oxygens (including phenoxy) is 3. The molecular weight excluding hydrogens is 500 g/mol. The first-order valence-electron chi connectivity index (χ1n) is 10.9. The summed E-state index contributed by atoms with van der Waals surface area (Å²) in [7, 11) is 2.79. The Hall–Kier alpha value is -3.63. The van der Waals surface area contributed by atoms with Crippen molar-refractivity contribution in [3.63, 3.8) is 0 Å². The van der Waals surface area contributed by atoms with Gasteiger partial charge in [-0.05, 0) is 54.6 Å². The number of fused-ring (bicyclic) bond motifs is 1. The van der Waals surface area contributed by atoms with Crippen molar-refractivity contribution < 1.29 is 23.8 Å². The summed E-state index contributed by atoms with van der Waals surface area (Å²) in [6.07, 6.45) is 3.70. The van der Waals surface area contributed by atoms with Crippen LogP contribution in [0.25, 0.3) is 6.08 Å². The van der Waals surface area contributed by atoms with Crippen molar-refractivity contribution in [3.8, 4) is 11.5 Å². The zero-order valence-electron chi connectivity index (χ0n) is 20.4. The molecule has 0 amide bonds. The lowest BCUT2D eigenvalue weighted by Gasteiger charge is -2.24. The standard InChI is InChI=1S/C26H24N2O6S2/c1-14-22(25(31)33-4)23(17-7-9-18(35-5)10-8-17)28-24(30)21(36-26(28)27-14)13-16-6-11-19(34-15(2)29)20(12-16)32-3/h6-13,23H,1-5H3. The highest BCUT2D eigenvalue weighted by molar-refractivity contribution is 7.98. The fourth-order valence-electron chi connectivity index (χ4n) is 3.96. The van der Waals surface area contributed by atoms with Gasteiger partial charge in [-0.25, -0.2) is 9.79 Å². The molecule has 0 radical (unpaired) electrons. The quantitative estimate of drug-likeness (QED) is 0.278. The average molecular weight is 525 g/mol. The van der Waals surface area contributed by atoms with Gasteiger partial charge in [-0.3, -0.25) is 14.2 Å². The highest BCUT2D eigenvalue weighted by Crippen LogP contribution is 2.32. The van der Waals surface area contributed by atoms with Gasteiger partial charge in [-0.1, -0.05) is 29.5 Å². The number of hydrogen-bond acceptors (Lipinski definition) is 9. The molecule has 2 heterocycles. The molecule has 3 aromatic rings. The first-order valence-corrected chi connectivity index (χ1v) is 12.9. The Kier molecular flexibility index (Phi) is 7.46. The Morgan fingerprint density at radius 1 is 1.11 bits per heavy atom. The molecule has 0 N–H and O–H groups in total. The molecule has 0 aliphatic carbocycles. The Morgan fingerprint density at radius 3 is 2.44 bits per heavy atom. The molecule has 0 fully saturated rings. The molecule has 1 unspecified atom stereocenters. The third kappa shape index (κ3) is 4.87. The zero-order valence-corrected chi connectivity index (χ0v) is 22.0. The molecule has 0 spiro atoms. The Balaban J connectivity index is 1.89. The van der Waals surface area contributed by atoms with Crippen molar-refractivity contribution in [2.75, 3.05) is 20.5 Å². The average Bonchev–Trinajstić information content (AvgIpc) is 3.17. The van der Waals surface area contributed by atoms with Crippen molar-refractivity contribution in [2.24, 2.45) is 4.99 Å². The van der Waals surface area contributed by atoms with Gasteiger partial charge in [-0.15, -0.1) is 11.8 Å². The molecule has 0 bridgehead atoms. The number of carbonyl (C=O) groups excluding carboxylic acids is 2. The van der Waals surface area contributed by atoms with E-state index >= 15 is 0 Å². The van der Waals surface area contributed by atoms with E-state index in [9.17, 15) is 14.4 Å². The number of rotatable bonds is 6. The number of benzene rings is 2. The van der Waals surface area contributed by atoms with Crippen LogP contribution in [0.2, 0.25) is 0 Å². The fraction of sp³-hybridized carbons (Fsp3) is 0.231. The van der Waals surface area contributed by atoms with Crippen molar-refractivity contribution in [2.45, 2.75) is 24.8 Å². The molecule has 10 heteroatoms. The molecule has 4 rings (SSSR count).